The average molecular weight is 369 g/mol. The van der Waals surface area contributed by atoms with Crippen molar-refractivity contribution in [1.29, 1.82) is 0 Å². The normalized spacial score (nSPS) is 14.8. The molecule has 1 amide bonds. The molecule has 7 nitrogen and oxygen atoms in total. The van der Waals surface area contributed by atoms with E-state index in [9.17, 15) is 14.9 Å². The Morgan fingerprint density at radius 1 is 1.11 bits per heavy atom. The van der Waals surface area contributed by atoms with Gasteiger partial charge < -0.3 is 9.64 Å². The number of nitro benzene ring substituents is 1. The number of carbonyl (C=O) groups is 1. The molecule has 0 aliphatic carbocycles. The molecule has 0 spiro atoms. The fourth-order valence-electron chi connectivity index (χ4n) is 3.12. The van der Waals surface area contributed by atoms with Crippen molar-refractivity contribution in [2.75, 3.05) is 32.8 Å². The first-order valence-electron chi connectivity index (χ1n) is 8.94. The predicted octanol–water partition coefficient (Wildman–Crippen LogP) is 2.63. The van der Waals surface area contributed by atoms with Crippen molar-refractivity contribution < 1.29 is 14.5 Å². The van der Waals surface area contributed by atoms with Crippen LogP contribution in [0.15, 0.2) is 48.5 Å². The van der Waals surface area contributed by atoms with Crippen LogP contribution in [-0.4, -0.2) is 53.4 Å². The third-order valence-electron chi connectivity index (χ3n) is 4.60. The lowest BCUT2D eigenvalue weighted by Crippen LogP contribution is -2.49. The molecule has 0 atom stereocenters. The standard InChI is InChI=1S/C20H23N3O4/c1-16-4-2-7-19(12-16)27-15-20(24)22-10-8-21(9-11-22)14-17-5-3-6-18(13-17)23(25)26/h2-7,12-13H,8-11,14-15H2,1H3. The van der Waals surface area contributed by atoms with Crippen molar-refractivity contribution in [1.82, 2.24) is 9.80 Å². The molecule has 2 aromatic rings. The summed E-state index contributed by atoms with van der Waals surface area (Å²) in [7, 11) is 0. The highest BCUT2D eigenvalue weighted by Gasteiger charge is 2.21. The van der Waals surface area contributed by atoms with Gasteiger partial charge in [-0.1, -0.05) is 24.3 Å². The van der Waals surface area contributed by atoms with Gasteiger partial charge in [0.2, 0.25) is 0 Å². The minimum Gasteiger partial charge on any atom is -0.484 e. The van der Waals surface area contributed by atoms with Gasteiger partial charge in [-0.05, 0) is 30.2 Å². The minimum atomic E-state index is -0.381. The Labute approximate surface area is 158 Å². The summed E-state index contributed by atoms with van der Waals surface area (Å²) < 4.78 is 5.59. The molecule has 1 saturated heterocycles. The molecule has 27 heavy (non-hydrogen) atoms. The SMILES string of the molecule is Cc1cccc(OCC(=O)N2CCN(Cc3cccc([N+](=O)[O-])c3)CC2)c1. The molecule has 7 heteroatoms. The van der Waals surface area contributed by atoms with Gasteiger partial charge in [-0.2, -0.15) is 0 Å². The van der Waals surface area contributed by atoms with Crippen LogP contribution in [0.5, 0.6) is 5.75 Å². The number of amides is 1. The summed E-state index contributed by atoms with van der Waals surface area (Å²) in [5.41, 5.74) is 2.11. The Balaban J connectivity index is 1.46. The summed E-state index contributed by atoms with van der Waals surface area (Å²) in [4.78, 5) is 26.9. The van der Waals surface area contributed by atoms with E-state index in [1.54, 1.807) is 17.0 Å². The fraction of sp³-hybridized carbons (Fsp3) is 0.350. The topological polar surface area (TPSA) is 75.9 Å². The van der Waals surface area contributed by atoms with Gasteiger partial charge in [0.25, 0.3) is 11.6 Å². The maximum Gasteiger partial charge on any atom is 0.269 e. The maximum atomic E-state index is 12.3. The summed E-state index contributed by atoms with van der Waals surface area (Å²) in [6, 6.07) is 14.3. The number of carbonyl (C=O) groups excluding carboxylic acids is 1. The highest BCUT2D eigenvalue weighted by Crippen LogP contribution is 2.16. The lowest BCUT2D eigenvalue weighted by molar-refractivity contribution is -0.384. The van der Waals surface area contributed by atoms with Crippen LogP contribution in [0, 0.1) is 17.0 Å². The summed E-state index contributed by atoms with van der Waals surface area (Å²) in [5, 5.41) is 10.9. The number of nitro groups is 1. The molecule has 0 N–H and O–H groups in total. The van der Waals surface area contributed by atoms with Gasteiger partial charge in [-0.25, -0.2) is 0 Å². The Hall–Kier alpha value is -2.93. The fourth-order valence-corrected chi connectivity index (χ4v) is 3.12. The van der Waals surface area contributed by atoms with E-state index in [1.165, 1.54) is 6.07 Å². The number of rotatable bonds is 6. The number of aryl methyl sites for hydroxylation is 1. The highest BCUT2D eigenvalue weighted by atomic mass is 16.6. The van der Waals surface area contributed by atoms with E-state index in [-0.39, 0.29) is 23.1 Å². The van der Waals surface area contributed by atoms with Crippen LogP contribution in [-0.2, 0) is 11.3 Å². The molecule has 3 rings (SSSR count). The van der Waals surface area contributed by atoms with Crippen LogP contribution < -0.4 is 4.74 Å². The van der Waals surface area contributed by atoms with E-state index in [0.717, 1.165) is 24.2 Å². The first kappa shape index (κ1) is 18.8. The third-order valence-corrected chi connectivity index (χ3v) is 4.60. The summed E-state index contributed by atoms with van der Waals surface area (Å²) in [5.74, 6) is 0.680. The van der Waals surface area contributed by atoms with Gasteiger partial charge in [-0.3, -0.25) is 19.8 Å². The van der Waals surface area contributed by atoms with Crippen molar-refractivity contribution in [3.63, 3.8) is 0 Å². The van der Waals surface area contributed by atoms with Crippen LogP contribution in [0.1, 0.15) is 11.1 Å². The molecule has 0 unspecified atom stereocenters. The highest BCUT2D eigenvalue weighted by molar-refractivity contribution is 5.77. The molecule has 1 heterocycles. The maximum absolute atomic E-state index is 12.3. The van der Waals surface area contributed by atoms with Crippen LogP contribution in [0.25, 0.3) is 0 Å². The molecule has 0 saturated carbocycles. The molecule has 1 fully saturated rings. The molecule has 0 bridgehead atoms. The lowest BCUT2D eigenvalue weighted by atomic mass is 10.1. The van der Waals surface area contributed by atoms with E-state index in [4.69, 9.17) is 4.74 Å². The van der Waals surface area contributed by atoms with Crippen molar-refractivity contribution in [2.24, 2.45) is 0 Å². The molecule has 2 aromatic carbocycles. The molecule has 0 aromatic heterocycles. The summed E-state index contributed by atoms with van der Waals surface area (Å²) in [6.45, 7) is 5.39. The van der Waals surface area contributed by atoms with Crippen molar-refractivity contribution in [2.45, 2.75) is 13.5 Å². The van der Waals surface area contributed by atoms with E-state index >= 15 is 0 Å². The average Bonchev–Trinajstić information content (AvgIpc) is 2.67. The first-order chi connectivity index (χ1) is 13.0. The van der Waals surface area contributed by atoms with Crippen LogP contribution in [0.2, 0.25) is 0 Å². The second-order valence-electron chi connectivity index (χ2n) is 6.69. The van der Waals surface area contributed by atoms with E-state index < -0.39 is 0 Å². The summed E-state index contributed by atoms with van der Waals surface area (Å²) in [6.07, 6.45) is 0. The van der Waals surface area contributed by atoms with Gasteiger partial charge in [0.1, 0.15) is 5.75 Å². The number of hydrogen-bond acceptors (Lipinski definition) is 5. The molecule has 1 aliphatic rings. The summed E-state index contributed by atoms with van der Waals surface area (Å²) >= 11 is 0. The predicted molar refractivity (Wildman–Crippen MR) is 102 cm³/mol. The Morgan fingerprint density at radius 3 is 2.56 bits per heavy atom. The molecule has 1 aliphatic heterocycles. The van der Waals surface area contributed by atoms with Crippen LogP contribution >= 0.6 is 0 Å². The number of benzene rings is 2. The molecular weight excluding hydrogens is 346 g/mol. The third kappa shape index (κ3) is 5.27. The van der Waals surface area contributed by atoms with E-state index in [1.807, 2.05) is 37.3 Å². The van der Waals surface area contributed by atoms with Gasteiger partial charge in [0.05, 0.1) is 4.92 Å². The number of piperazine rings is 1. The van der Waals surface area contributed by atoms with E-state index in [0.29, 0.717) is 25.4 Å². The number of nitrogens with zero attached hydrogens (tertiary/aromatic N) is 3. The molecule has 142 valence electrons. The zero-order valence-corrected chi connectivity index (χ0v) is 15.3. The van der Waals surface area contributed by atoms with Crippen molar-refractivity contribution in [3.8, 4) is 5.75 Å². The van der Waals surface area contributed by atoms with Gasteiger partial charge in [-0.15, -0.1) is 0 Å². The van der Waals surface area contributed by atoms with Gasteiger partial charge in [0, 0.05) is 44.9 Å². The van der Waals surface area contributed by atoms with Gasteiger partial charge in [0.15, 0.2) is 6.61 Å². The Kier molecular flexibility index (Phi) is 6.03. The minimum absolute atomic E-state index is 0.0218. The van der Waals surface area contributed by atoms with E-state index in [2.05, 4.69) is 4.90 Å². The van der Waals surface area contributed by atoms with Crippen LogP contribution in [0.3, 0.4) is 0 Å². The number of ether oxygens (including phenoxy) is 1. The first-order valence-corrected chi connectivity index (χ1v) is 8.94. The number of hydrogen-bond donors (Lipinski definition) is 0. The van der Waals surface area contributed by atoms with Crippen LogP contribution in [0.4, 0.5) is 5.69 Å². The second-order valence-corrected chi connectivity index (χ2v) is 6.69. The Morgan fingerprint density at radius 2 is 1.85 bits per heavy atom. The molecular formula is C20H23N3O4. The monoisotopic (exact) mass is 369 g/mol. The number of non-ortho nitro benzene ring substituents is 1. The Bertz CT molecular complexity index is 816. The zero-order chi connectivity index (χ0) is 19.2. The second kappa shape index (κ2) is 8.64. The molecule has 0 radical (unpaired) electrons. The quantitative estimate of drug-likeness (QED) is 0.578. The van der Waals surface area contributed by atoms with Crippen molar-refractivity contribution in [3.05, 3.63) is 69.8 Å². The smallest absolute Gasteiger partial charge is 0.269 e. The van der Waals surface area contributed by atoms with Crippen molar-refractivity contribution >= 4 is 11.6 Å². The lowest BCUT2D eigenvalue weighted by Gasteiger charge is -2.34. The van der Waals surface area contributed by atoms with Gasteiger partial charge >= 0.3 is 0 Å². The largest absolute Gasteiger partial charge is 0.484 e. The zero-order valence-electron chi connectivity index (χ0n) is 15.3.